The minimum absolute atomic E-state index is 0.354. The van der Waals surface area contributed by atoms with Crippen LogP contribution in [0, 0.1) is 0 Å². The van der Waals surface area contributed by atoms with Crippen LogP contribution < -0.4 is 5.32 Å². The lowest BCUT2D eigenvalue weighted by Crippen LogP contribution is -2.39. The van der Waals surface area contributed by atoms with E-state index < -0.39 is 0 Å². The van der Waals surface area contributed by atoms with Crippen molar-refractivity contribution in [2.24, 2.45) is 0 Å². The Hall–Kier alpha value is -0.640. The number of thiophene rings is 1. The number of halogens is 1. The van der Waals surface area contributed by atoms with Gasteiger partial charge in [0.05, 0.1) is 3.79 Å². The highest BCUT2D eigenvalue weighted by atomic mass is 79.9. The topological polar surface area (TPSA) is 12.0 Å². The third-order valence-electron chi connectivity index (χ3n) is 4.19. The summed E-state index contributed by atoms with van der Waals surface area (Å²) in [6.45, 7) is 0. The van der Waals surface area contributed by atoms with Gasteiger partial charge < -0.3 is 5.32 Å². The molecular formula is C16H18BrNS. The summed E-state index contributed by atoms with van der Waals surface area (Å²) in [4.78, 5) is 1.45. The van der Waals surface area contributed by atoms with Gasteiger partial charge in [-0.3, -0.25) is 0 Å². The van der Waals surface area contributed by atoms with E-state index in [9.17, 15) is 0 Å². The second-order valence-corrected chi connectivity index (χ2v) is 7.82. The van der Waals surface area contributed by atoms with Crippen molar-refractivity contribution >= 4 is 27.3 Å². The largest absolute Gasteiger partial charge is 0.316 e. The number of hydrogen-bond donors (Lipinski definition) is 1. The molecule has 1 aromatic heterocycles. The average molecular weight is 336 g/mol. The molecule has 1 aromatic carbocycles. The van der Waals surface area contributed by atoms with E-state index >= 15 is 0 Å². The van der Waals surface area contributed by atoms with Crippen molar-refractivity contribution in [3.05, 3.63) is 56.7 Å². The summed E-state index contributed by atoms with van der Waals surface area (Å²) in [5, 5.41) is 3.55. The van der Waals surface area contributed by atoms with Gasteiger partial charge in [-0.25, -0.2) is 0 Å². The summed E-state index contributed by atoms with van der Waals surface area (Å²) in [6, 6.07) is 15.9. The third-order valence-corrected chi connectivity index (χ3v) is 5.83. The van der Waals surface area contributed by atoms with Crippen LogP contribution in [-0.4, -0.2) is 13.1 Å². The molecule has 0 saturated heterocycles. The van der Waals surface area contributed by atoms with Crippen molar-refractivity contribution in [1.82, 2.24) is 5.32 Å². The van der Waals surface area contributed by atoms with Crippen LogP contribution in [0.1, 0.15) is 23.3 Å². The fourth-order valence-electron chi connectivity index (χ4n) is 2.98. The molecule has 0 spiro atoms. The Kier molecular flexibility index (Phi) is 3.79. The van der Waals surface area contributed by atoms with Crippen LogP contribution in [0.3, 0.4) is 0 Å². The lowest BCUT2D eigenvalue weighted by atomic mass is 9.86. The zero-order valence-electron chi connectivity index (χ0n) is 11.0. The smallest absolute Gasteiger partial charge is 0.0701 e. The third kappa shape index (κ3) is 2.64. The molecule has 1 unspecified atom stereocenters. The van der Waals surface area contributed by atoms with Gasteiger partial charge in [0.2, 0.25) is 0 Å². The van der Waals surface area contributed by atoms with Crippen molar-refractivity contribution in [3.63, 3.8) is 0 Å². The highest BCUT2D eigenvalue weighted by Gasteiger charge is 2.49. The van der Waals surface area contributed by atoms with E-state index in [1.807, 2.05) is 11.3 Å². The van der Waals surface area contributed by atoms with E-state index in [4.69, 9.17) is 0 Å². The molecule has 2 aromatic rings. The molecule has 3 heteroatoms. The first-order chi connectivity index (χ1) is 9.24. The Morgan fingerprint density at radius 3 is 2.47 bits per heavy atom. The molecule has 1 fully saturated rings. The van der Waals surface area contributed by atoms with Crippen molar-refractivity contribution in [1.29, 1.82) is 0 Å². The molecule has 0 aliphatic heterocycles. The molecule has 1 N–H and O–H groups in total. The number of benzene rings is 1. The van der Waals surface area contributed by atoms with Crippen LogP contribution in [-0.2, 0) is 11.8 Å². The van der Waals surface area contributed by atoms with Gasteiger partial charge in [-0.1, -0.05) is 30.3 Å². The quantitative estimate of drug-likeness (QED) is 0.855. The Bertz CT molecular complexity index is 545. The number of rotatable bonds is 5. The van der Waals surface area contributed by atoms with Crippen molar-refractivity contribution in [3.8, 4) is 0 Å². The minimum atomic E-state index is 0.354. The molecule has 1 aliphatic carbocycles. The maximum absolute atomic E-state index is 3.55. The van der Waals surface area contributed by atoms with Crippen LogP contribution in [0.4, 0.5) is 0 Å². The van der Waals surface area contributed by atoms with Crippen LogP contribution in [0.5, 0.6) is 0 Å². The Morgan fingerprint density at radius 2 is 1.95 bits per heavy atom. The van der Waals surface area contributed by atoms with Gasteiger partial charge in [-0.05, 0) is 59.9 Å². The van der Waals surface area contributed by atoms with E-state index in [0.29, 0.717) is 11.5 Å². The maximum Gasteiger partial charge on any atom is 0.0701 e. The molecule has 1 aliphatic rings. The molecule has 100 valence electrons. The maximum atomic E-state index is 3.55. The molecule has 1 nitrogen and oxygen atoms in total. The number of likely N-dealkylation sites (N-methyl/N-ethyl adjacent to an activating group) is 1. The second-order valence-electron chi connectivity index (χ2n) is 5.27. The summed E-state index contributed by atoms with van der Waals surface area (Å²) in [5.41, 5.74) is 1.84. The van der Waals surface area contributed by atoms with Gasteiger partial charge in [0, 0.05) is 16.3 Å². The Morgan fingerprint density at radius 1 is 1.21 bits per heavy atom. The van der Waals surface area contributed by atoms with E-state index in [-0.39, 0.29) is 0 Å². The highest BCUT2D eigenvalue weighted by molar-refractivity contribution is 9.11. The molecule has 0 amide bonds. The molecule has 19 heavy (non-hydrogen) atoms. The predicted octanol–water partition coefficient (Wildman–Crippen LogP) is 4.37. The molecule has 1 saturated carbocycles. The van der Waals surface area contributed by atoms with Gasteiger partial charge in [0.25, 0.3) is 0 Å². The van der Waals surface area contributed by atoms with Crippen LogP contribution in [0.2, 0.25) is 0 Å². The summed E-state index contributed by atoms with van der Waals surface area (Å²) in [6.07, 6.45) is 3.71. The van der Waals surface area contributed by atoms with E-state index in [0.717, 1.165) is 6.42 Å². The minimum Gasteiger partial charge on any atom is -0.316 e. The van der Waals surface area contributed by atoms with Gasteiger partial charge >= 0.3 is 0 Å². The van der Waals surface area contributed by atoms with Crippen LogP contribution in [0.15, 0.2) is 46.3 Å². The van der Waals surface area contributed by atoms with Gasteiger partial charge in [-0.2, -0.15) is 0 Å². The van der Waals surface area contributed by atoms with Gasteiger partial charge in [0.1, 0.15) is 0 Å². The zero-order chi connectivity index (χ0) is 13.3. The standard InChI is InChI=1S/C16H18BrNS/c1-18-14(11-13-7-8-15(17)19-13)16(9-10-16)12-5-3-2-4-6-12/h2-8,14,18H,9-11H2,1H3. The van der Waals surface area contributed by atoms with Crippen molar-refractivity contribution < 1.29 is 0 Å². The predicted molar refractivity (Wildman–Crippen MR) is 85.9 cm³/mol. The first kappa shape index (κ1) is 13.3. The monoisotopic (exact) mass is 335 g/mol. The molecular weight excluding hydrogens is 318 g/mol. The first-order valence-corrected chi connectivity index (χ1v) is 8.32. The van der Waals surface area contributed by atoms with Crippen molar-refractivity contribution in [2.45, 2.75) is 30.7 Å². The summed E-state index contributed by atoms with van der Waals surface area (Å²) < 4.78 is 1.22. The average Bonchev–Trinajstić information content (AvgIpc) is 3.15. The lowest BCUT2D eigenvalue weighted by Gasteiger charge is -2.27. The molecule has 1 heterocycles. The van der Waals surface area contributed by atoms with E-state index in [1.54, 1.807) is 0 Å². The summed E-state index contributed by atoms with van der Waals surface area (Å²) in [7, 11) is 2.09. The van der Waals surface area contributed by atoms with Gasteiger partial charge in [-0.15, -0.1) is 11.3 Å². The Balaban J connectivity index is 1.82. The zero-order valence-corrected chi connectivity index (χ0v) is 13.4. The lowest BCUT2D eigenvalue weighted by molar-refractivity contribution is 0.445. The Labute approximate surface area is 127 Å². The molecule has 0 radical (unpaired) electrons. The number of nitrogens with one attached hydrogen (secondary N) is 1. The van der Waals surface area contributed by atoms with E-state index in [1.165, 1.54) is 27.1 Å². The highest BCUT2D eigenvalue weighted by Crippen LogP contribution is 2.51. The number of hydrogen-bond acceptors (Lipinski definition) is 2. The SMILES string of the molecule is CNC(Cc1ccc(Br)s1)C1(c2ccccc2)CC1. The fourth-order valence-corrected chi connectivity index (χ4v) is 4.51. The molecule has 3 rings (SSSR count). The molecule has 1 atom stereocenters. The van der Waals surface area contributed by atoms with E-state index in [2.05, 4.69) is 70.8 Å². The van der Waals surface area contributed by atoms with Crippen molar-refractivity contribution in [2.75, 3.05) is 7.05 Å². The van der Waals surface area contributed by atoms with Gasteiger partial charge in [0.15, 0.2) is 0 Å². The first-order valence-electron chi connectivity index (χ1n) is 6.71. The summed E-state index contributed by atoms with van der Waals surface area (Å²) in [5.74, 6) is 0. The fraction of sp³-hybridized carbons (Fsp3) is 0.375. The molecule has 0 bridgehead atoms. The van der Waals surface area contributed by atoms with Crippen LogP contribution >= 0.6 is 27.3 Å². The second kappa shape index (κ2) is 5.39. The summed E-state index contributed by atoms with van der Waals surface area (Å²) >= 11 is 5.40. The normalized spacial score (nSPS) is 18.2. The van der Waals surface area contributed by atoms with Crippen LogP contribution in [0.25, 0.3) is 0 Å².